The van der Waals surface area contributed by atoms with Crippen LogP contribution in [0, 0.1) is 6.92 Å². The number of aromatic nitrogens is 3. The fourth-order valence-electron chi connectivity index (χ4n) is 3.99. The molecule has 29 heavy (non-hydrogen) atoms. The predicted octanol–water partition coefficient (Wildman–Crippen LogP) is 4.24. The molecule has 2 bridgehead atoms. The third kappa shape index (κ3) is 3.23. The Morgan fingerprint density at radius 3 is 2.90 bits per heavy atom. The molecule has 2 amide bonds. The summed E-state index contributed by atoms with van der Waals surface area (Å²) in [6, 6.07) is 11.3. The van der Waals surface area contributed by atoms with Crippen molar-refractivity contribution in [2.75, 3.05) is 28.2 Å². The van der Waals surface area contributed by atoms with Gasteiger partial charge in [-0.3, -0.25) is 15.2 Å². The van der Waals surface area contributed by atoms with Gasteiger partial charge >= 0.3 is 6.03 Å². The fraction of sp³-hybridized carbons (Fsp3) is 0.238. The van der Waals surface area contributed by atoms with Gasteiger partial charge < -0.3 is 4.90 Å². The first-order valence-electron chi connectivity index (χ1n) is 9.50. The number of hydrogen-bond donors (Lipinski definition) is 1. The zero-order chi connectivity index (χ0) is 20.0. The van der Waals surface area contributed by atoms with E-state index < -0.39 is 0 Å². The Morgan fingerprint density at radius 2 is 2.10 bits per heavy atom. The second-order valence-electron chi connectivity index (χ2n) is 7.25. The second-order valence-corrected chi connectivity index (χ2v) is 8.11. The van der Waals surface area contributed by atoms with Gasteiger partial charge in [0.1, 0.15) is 5.82 Å². The highest BCUT2D eigenvalue weighted by Gasteiger charge is 2.40. The summed E-state index contributed by atoms with van der Waals surface area (Å²) in [7, 11) is 0. The van der Waals surface area contributed by atoms with Gasteiger partial charge in [0.25, 0.3) is 0 Å². The molecule has 0 radical (unpaired) electrons. The van der Waals surface area contributed by atoms with Crippen molar-refractivity contribution in [3.63, 3.8) is 0 Å². The molecule has 0 aliphatic carbocycles. The molecule has 0 saturated carbocycles. The summed E-state index contributed by atoms with van der Waals surface area (Å²) in [4.78, 5) is 30.7. The summed E-state index contributed by atoms with van der Waals surface area (Å²) >= 11 is 3.68. The van der Waals surface area contributed by atoms with Gasteiger partial charge in [0.05, 0.1) is 17.4 Å². The lowest BCUT2D eigenvalue weighted by Crippen LogP contribution is -2.48. The molecule has 0 unspecified atom stereocenters. The van der Waals surface area contributed by atoms with Gasteiger partial charge in [-0.05, 0) is 59.6 Å². The Kier molecular flexibility index (Phi) is 4.43. The minimum absolute atomic E-state index is 0.0897. The molecule has 1 N–H and O–H groups in total. The van der Waals surface area contributed by atoms with E-state index in [-0.39, 0.29) is 12.1 Å². The largest absolute Gasteiger partial charge is 0.366 e. The van der Waals surface area contributed by atoms with E-state index in [9.17, 15) is 4.79 Å². The predicted molar refractivity (Wildman–Crippen MR) is 116 cm³/mol. The number of amides is 2. The number of hydrogen-bond acceptors (Lipinski definition) is 5. The lowest BCUT2D eigenvalue weighted by molar-refractivity contribution is 0.254. The number of rotatable bonds is 2. The van der Waals surface area contributed by atoms with Gasteiger partial charge in [0.2, 0.25) is 0 Å². The molecule has 5 rings (SSSR count). The maximum absolute atomic E-state index is 13.2. The number of nitrogens with one attached hydrogen (secondary N) is 1. The monoisotopic (exact) mass is 450 g/mol. The Balaban J connectivity index is 1.58. The molecule has 3 aromatic heterocycles. The van der Waals surface area contributed by atoms with Crippen LogP contribution in [0.4, 0.5) is 22.1 Å². The molecular weight excluding hydrogens is 432 g/mol. The fourth-order valence-corrected chi connectivity index (χ4v) is 4.52. The van der Waals surface area contributed by atoms with Crippen molar-refractivity contribution >= 4 is 39.3 Å². The average molecular weight is 451 g/mol. The van der Waals surface area contributed by atoms with E-state index in [0.717, 1.165) is 46.6 Å². The molecule has 0 spiro atoms. The molecule has 3 aromatic rings. The van der Waals surface area contributed by atoms with Crippen LogP contribution in [-0.4, -0.2) is 40.1 Å². The lowest BCUT2D eigenvalue weighted by atomic mass is 10.1. The molecule has 7 nitrogen and oxygen atoms in total. The first kappa shape index (κ1) is 18.1. The van der Waals surface area contributed by atoms with Crippen molar-refractivity contribution in [1.82, 2.24) is 15.0 Å². The van der Waals surface area contributed by atoms with Crippen LogP contribution in [0.1, 0.15) is 12.1 Å². The van der Waals surface area contributed by atoms with E-state index in [1.54, 1.807) is 23.4 Å². The zero-order valence-corrected chi connectivity index (χ0v) is 17.4. The minimum atomic E-state index is -0.205. The molecule has 2 aliphatic heterocycles. The van der Waals surface area contributed by atoms with E-state index in [1.165, 1.54) is 0 Å². The van der Waals surface area contributed by atoms with Crippen molar-refractivity contribution in [2.45, 2.75) is 19.4 Å². The number of halogens is 1. The number of nitrogens with zero attached hydrogens (tertiary/aromatic N) is 5. The SMILES string of the molecule is Cc1cc(-c2nc3c(cc2Br)N2CC[C@@H](C2)N3C(=O)Nc2ccccn2)ccn1. The smallest absolute Gasteiger partial charge is 0.329 e. The first-order chi connectivity index (χ1) is 14.1. The highest BCUT2D eigenvalue weighted by Crippen LogP contribution is 2.43. The number of anilines is 3. The van der Waals surface area contributed by atoms with Crippen LogP contribution in [0.2, 0.25) is 0 Å². The standard InChI is InChI=1S/C21H19BrN6O/c1-13-10-14(5-8-23-13)19-16(22)11-17-20(26-19)28(15-6-9-27(17)12-15)21(29)25-18-4-2-3-7-24-18/h2-5,7-8,10-11,15H,6,9,12H2,1H3,(H,24,25,29)/t15-/m0/s1. The third-order valence-corrected chi connectivity index (χ3v) is 5.93. The van der Waals surface area contributed by atoms with Crippen LogP contribution in [0.15, 0.2) is 53.3 Å². The van der Waals surface area contributed by atoms with E-state index in [1.807, 2.05) is 31.2 Å². The molecule has 8 heteroatoms. The Hall–Kier alpha value is -3.00. The first-order valence-corrected chi connectivity index (χ1v) is 10.3. The zero-order valence-electron chi connectivity index (χ0n) is 15.8. The van der Waals surface area contributed by atoms with Gasteiger partial charge in [-0.2, -0.15) is 0 Å². The van der Waals surface area contributed by atoms with Crippen LogP contribution >= 0.6 is 15.9 Å². The molecule has 146 valence electrons. The molecule has 1 atom stereocenters. The van der Waals surface area contributed by atoms with Gasteiger partial charge in [0, 0.05) is 41.2 Å². The van der Waals surface area contributed by atoms with Gasteiger partial charge in [-0.25, -0.2) is 14.8 Å². The summed E-state index contributed by atoms with van der Waals surface area (Å²) in [5.41, 5.74) is 3.65. The van der Waals surface area contributed by atoms with E-state index >= 15 is 0 Å². The Bertz CT molecular complexity index is 1090. The number of pyridine rings is 3. The number of fused-ring (bicyclic) bond motifs is 4. The minimum Gasteiger partial charge on any atom is -0.366 e. The van der Waals surface area contributed by atoms with Crippen molar-refractivity contribution in [2.24, 2.45) is 0 Å². The van der Waals surface area contributed by atoms with E-state index in [0.29, 0.717) is 11.6 Å². The molecule has 0 aromatic carbocycles. The van der Waals surface area contributed by atoms with E-state index in [4.69, 9.17) is 4.98 Å². The average Bonchev–Trinajstić information content (AvgIpc) is 3.14. The van der Waals surface area contributed by atoms with Gasteiger partial charge in [-0.15, -0.1) is 0 Å². The summed E-state index contributed by atoms with van der Waals surface area (Å²) < 4.78 is 0.900. The molecule has 5 heterocycles. The number of aryl methyl sites for hydroxylation is 1. The van der Waals surface area contributed by atoms with Crippen molar-refractivity contribution in [3.8, 4) is 11.3 Å². The van der Waals surface area contributed by atoms with Crippen LogP contribution < -0.4 is 15.1 Å². The quantitative estimate of drug-likeness (QED) is 0.631. The molecule has 2 aliphatic rings. The summed E-state index contributed by atoms with van der Waals surface area (Å²) in [6.07, 6.45) is 4.35. The third-order valence-electron chi connectivity index (χ3n) is 5.32. The topological polar surface area (TPSA) is 74.2 Å². The van der Waals surface area contributed by atoms with Gasteiger partial charge in [0.15, 0.2) is 5.82 Å². The van der Waals surface area contributed by atoms with Crippen LogP contribution in [0.25, 0.3) is 11.3 Å². The number of urea groups is 1. The summed E-state index contributed by atoms with van der Waals surface area (Å²) in [5, 5.41) is 2.91. The Labute approximate surface area is 176 Å². The molecule has 1 saturated heterocycles. The molecular formula is C21H19BrN6O. The van der Waals surface area contributed by atoms with E-state index in [2.05, 4.69) is 42.2 Å². The summed E-state index contributed by atoms with van der Waals surface area (Å²) in [6.45, 7) is 3.67. The van der Waals surface area contributed by atoms with Crippen molar-refractivity contribution < 1.29 is 4.79 Å². The number of carbonyl (C=O) groups is 1. The maximum atomic E-state index is 13.2. The van der Waals surface area contributed by atoms with Crippen LogP contribution in [0.5, 0.6) is 0 Å². The van der Waals surface area contributed by atoms with Crippen molar-refractivity contribution in [1.29, 1.82) is 0 Å². The van der Waals surface area contributed by atoms with Crippen molar-refractivity contribution in [3.05, 3.63) is 59.0 Å². The highest BCUT2D eigenvalue weighted by molar-refractivity contribution is 9.10. The van der Waals surface area contributed by atoms with Crippen LogP contribution in [0.3, 0.4) is 0 Å². The number of carbonyl (C=O) groups excluding carboxylic acids is 1. The van der Waals surface area contributed by atoms with Gasteiger partial charge in [-0.1, -0.05) is 6.07 Å². The normalized spacial score (nSPS) is 17.2. The second kappa shape index (κ2) is 7.11. The molecule has 1 fully saturated rings. The maximum Gasteiger partial charge on any atom is 0.329 e. The van der Waals surface area contributed by atoms with Crippen LogP contribution in [-0.2, 0) is 0 Å². The summed E-state index contributed by atoms with van der Waals surface area (Å²) in [5.74, 6) is 1.21. The highest BCUT2D eigenvalue weighted by atomic mass is 79.9. The lowest BCUT2D eigenvalue weighted by Gasteiger charge is -2.36. The Morgan fingerprint density at radius 1 is 1.21 bits per heavy atom.